The second-order valence-corrected chi connectivity index (χ2v) is 4.25. The highest BCUT2D eigenvalue weighted by Gasteiger charge is 2.30. The minimum atomic E-state index is -4.38. The largest absolute Gasteiger partial charge is 0.401 e. The number of hydrogen-bond acceptors (Lipinski definition) is 2. The fourth-order valence-electron chi connectivity index (χ4n) is 1.78. The molecule has 0 aromatic heterocycles. The number of benzene rings is 1. The molecule has 6 heteroatoms. The van der Waals surface area contributed by atoms with Crippen LogP contribution in [0.5, 0.6) is 0 Å². The lowest BCUT2D eigenvalue weighted by atomic mass is 10.0. The van der Waals surface area contributed by atoms with Gasteiger partial charge in [0.25, 0.3) is 0 Å². The van der Waals surface area contributed by atoms with Crippen molar-refractivity contribution in [2.75, 3.05) is 6.54 Å². The topological polar surface area (TPSA) is 55.1 Å². The summed E-state index contributed by atoms with van der Waals surface area (Å²) in [7, 11) is 0. The van der Waals surface area contributed by atoms with Crippen LogP contribution < -0.4 is 11.1 Å². The third-order valence-electron chi connectivity index (χ3n) is 2.37. The van der Waals surface area contributed by atoms with E-state index in [1.54, 1.807) is 26.0 Å². The smallest absolute Gasteiger partial charge is 0.368 e. The summed E-state index contributed by atoms with van der Waals surface area (Å²) in [6.07, 6.45) is -4.38. The molecule has 0 saturated heterocycles. The summed E-state index contributed by atoms with van der Waals surface area (Å²) < 4.78 is 36.4. The Morgan fingerprint density at radius 3 is 2.17 bits per heavy atom. The maximum absolute atomic E-state index is 12.1. The standard InChI is InChI=1S/C12H15F3N2O/c1-7-3-8(2)5-9(4-7)10(11(16)18)17-6-12(13,14)15/h3-5,10,17H,6H2,1-2H3,(H2,16,18). The molecule has 3 N–H and O–H groups in total. The van der Waals surface area contributed by atoms with Gasteiger partial charge in [0.15, 0.2) is 0 Å². The minimum absolute atomic E-state index is 0.448. The van der Waals surface area contributed by atoms with Gasteiger partial charge in [-0.1, -0.05) is 29.3 Å². The molecule has 0 aliphatic rings. The van der Waals surface area contributed by atoms with E-state index >= 15 is 0 Å². The Morgan fingerprint density at radius 1 is 1.28 bits per heavy atom. The lowest BCUT2D eigenvalue weighted by Crippen LogP contribution is -2.39. The van der Waals surface area contributed by atoms with Gasteiger partial charge in [-0.05, 0) is 19.4 Å². The highest BCUT2D eigenvalue weighted by Crippen LogP contribution is 2.19. The van der Waals surface area contributed by atoms with Crippen molar-refractivity contribution in [1.29, 1.82) is 0 Å². The van der Waals surface area contributed by atoms with Crippen molar-refractivity contribution < 1.29 is 18.0 Å². The van der Waals surface area contributed by atoms with Crippen LogP contribution in [0.15, 0.2) is 18.2 Å². The van der Waals surface area contributed by atoms with Gasteiger partial charge in [0.05, 0.1) is 6.54 Å². The minimum Gasteiger partial charge on any atom is -0.368 e. The van der Waals surface area contributed by atoms with Gasteiger partial charge >= 0.3 is 6.18 Å². The normalized spacial score (nSPS) is 13.4. The molecule has 0 saturated carbocycles. The summed E-state index contributed by atoms with van der Waals surface area (Å²) in [5.74, 6) is -0.829. The first-order chi connectivity index (χ1) is 8.19. The fourth-order valence-corrected chi connectivity index (χ4v) is 1.78. The van der Waals surface area contributed by atoms with Crippen molar-refractivity contribution in [3.63, 3.8) is 0 Å². The van der Waals surface area contributed by atoms with E-state index in [2.05, 4.69) is 5.32 Å². The van der Waals surface area contributed by atoms with E-state index in [1.807, 2.05) is 6.07 Å². The zero-order chi connectivity index (χ0) is 13.9. The van der Waals surface area contributed by atoms with Crippen LogP contribution in [0.4, 0.5) is 13.2 Å². The van der Waals surface area contributed by atoms with E-state index in [1.165, 1.54) is 0 Å². The summed E-state index contributed by atoms with van der Waals surface area (Å²) in [4.78, 5) is 11.2. The highest BCUT2D eigenvalue weighted by atomic mass is 19.4. The lowest BCUT2D eigenvalue weighted by molar-refractivity contribution is -0.130. The average Bonchev–Trinajstić information content (AvgIpc) is 2.13. The molecule has 3 nitrogen and oxygen atoms in total. The fraction of sp³-hybridized carbons (Fsp3) is 0.417. The molecule has 0 radical (unpaired) electrons. The van der Waals surface area contributed by atoms with Gasteiger partial charge < -0.3 is 5.73 Å². The molecule has 18 heavy (non-hydrogen) atoms. The van der Waals surface area contributed by atoms with Crippen LogP contribution in [0.1, 0.15) is 22.7 Å². The predicted octanol–water partition coefficient (Wildman–Crippen LogP) is 1.98. The second kappa shape index (κ2) is 5.39. The van der Waals surface area contributed by atoms with Crippen molar-refractivity contribution in [1.82, 2.24) is 5.32 Å². The maximum Gasteiger partial charge on any atom is 0.401 e. The average molecular weight is 260 g/mol. The molecule has 0 spiro atoms. The van der Waals surface area contributed by atoms with Gasteiger partial charge in [-0.3, -0.25) is 10.1 Å². The molecule has 1 amide bonds. The Morgan fingerprint density at radius 2 is 1.78 bits per heavy atom. The molecule has 0 bridgehead atoms. The van der Waals surface area contributed by atoms with Crippen molar-refractivity contribution in [2.45, 2.75) is 26.1 Å². The van der Waals surface area contributed by atoms with E-state index in [9.17, 15) is 18.0 Å². The number of nitrogens with one attached hydrogen (secondary N) is 1. The second-order valence-electron chi connectivity index (χ2n) is 4.25. The van der Waals surface area contributed by atoms with Gasteiger partial charge in [0, 0.05) is 0 Å². The number of rotatable bonds is 4. The van der Waals surface area contributed by atoms with Gasteiger partial charge in [-0.25, -0.2) is 0 Å². The van der Waals surface area contributed by atoms with Crippen LogP contribution >= 0.6 is 0 Å². The zero-order valence-corrected chi connectivity index (χ0v) is 10.1. The molecule has 0 fully saturated rings. The molecule has 1 aromatic rings. The molecule has 1 atom stereocenters. The number of carbonyl (C=O) groups excluding carboxylic acids is 1. The molecule has 0 aliphatic carbocycles. The van der Waals surface area contributed by atoms with E-state index in [0.717, 1.165) is 11.1 Å². The number of nitrogens with two attached hydrogens (primary N) is 1. The number of carbonyl (C=O) groups is 1. The number of hydrogen-bond donors (Lipinski definition) is 2. The number of primary amides is 1. The van der Waals surface area contributed by atoms with Gasteiger partial charge in [-0.2, -0.15) is 13.2 Å². The summed E-state index contributed by atoms with van der Waals surface area (Å²) in [6.45, 7) is 2.35. The van der Waals surface area contributed by atoms with Crippen LogP contribution in [0.25, 0.3) is 0 Å². The van der Waals surface area contributed by atoms with Crippen molar-refractivity contribution >= 4 is 5.91 Å². The SMILES string of the molecule is Cc1cc(C)cc(C(NCC(F)(F)F)C(N)=O)c1. The number of amides is 1. The molecule has 100 valence electrons. The van der Waals surface area contributed by atoms with Gasteiger partial charge in [0.1, 0.15) is 6.04 Å². The number of alkyl halides is 3. The molecular weight excluding hydrogens is 245 g/mol. The maximum atomic E-state index is 12.1. The summed E-state index contributed by atoms with van der Waals surface area (Å²) >= 11 is 0. The Balaban J connectivity index is 2.94. The van der Waals surface area contributed by atoms with Crippen LogP contribution in [0, 0.1) is 13.8 Å². The monoisotopic (exact) mass is 260 g/mol. The van der Waals surface area contributed by atoms with Gasteiger partial charge in [0.2, 0.25) is 5.91 Å². The number of aryl methyl sites for hydroxylation is 2. The molecule has 0 heterocycles. The van der Waals surface area contributed by atoms with Crippen molar-refractivity contribution in [3.8, 4) is 0 Å². The predicted molar refractivity (Wildman–Crippen MR) is 61.9 cm³/mol. The van der Waals surface area contributed by atoms with Gasteiger partial charge in [-0.15, -0.1) is 0 Å². The highest BCUT2D eigenvalue weighted by molar-refractivity contribution is 5.81. The summed E-state index contributed by atoms with van der Waals surface area (Å²) in [5, 5.41) is 2.13. The van der Waals surface area contributed by atoms with Crippen LogP contribution in [-0.2, 0) is 4.79 Å². The summed E-state index contributed by atoms with van der Waals surface area (Å²) in [6, 6.07) is 4.02. The lowest BCUT2D eigenvalue weighted by Gasteiger charge is -2.18. The summed E-state index contributed by atoms with van der Waals surface area (Å²) in [5.41, 5.74) is 7.31. The van der Waals surface area contributed by atoms with E-state index in [4.69, 9.17) is 5.73 Å². The third-order valence-corrected chi connectivity index (χ3v) is 2.37. The Bertz CT molecular complexity index is 423. The Hall–Kier alpha value is -1.56. The van der Waals surface area contributed by atoms with E-state index < -0.39 is 24.7 Å². The zero-order valence-electron chi connectivity index (χ0n) is 10.1. The number of halogens is 3. The Labute approximate surface area is 103 Å². The van der Waals surface area contributed by atoms with Crippen molar-refractivity contribution in [2.24, 2.45) is 5.73 Å². The van der Waals surface area contributed by atoms with E-state index in [0.29, 0.717) is 5.56 Å². The quantitative estimate of drug-likeness (QED) is 0.869. The van der Waals surface area contributed by atoms with Crippen LogP contribution in [-0.4, -0.2) is 18.6 Å². The first-order valence-electron chi connectivity index (χ1n) is 5.36. The third kappa shape index (κ3) is 4.37. The van der Waals surface area contributed by atoms with E-state index in [-0.39, 0.29) is 0 Å². The molecular formula is C12H15F3N2O. The van der Waals surface area contributed by atoms with Crippen LogP contribution in [0.2, 0.25) is 0 Å². The molecule has 1 unspecified atom stereocenters. The molecule has 1 rings (SSSR count). The first kappa shape index (κ1) is 14.5. The first-order valence-corrected chi connectivity index (χ1v) is 5.36. The Kier molecular flexibility index (Phi) is 4.34. The molecule has 0 aliphatic heterocycles. The van der Waals surface area contributed by atoms with Crippen LogP contribution in [0.3, 0.4) is 0 Å². The molecule has 1 aromatic carbocycles. The van der Waals surface area contributed by atoms with Crippen molar-refractivity contribution in [3.05, 3.63) is 34.9 Å².